The number of thioether (sulfide) groups is 1. The quantitative estimate of drug-likeness (QED) is 0.702. The fraction of sp³-hybridized carbons (Fsp3) is 1.00. The van der Waals surface area contributed by atoms with Crippen molar-refractivity contribution < 1.29 is 13.2 Å². The van der Waals surface area contributed by atoms with Crippen LogP contribution in [0.1, 0.15) is 6.92 Å². The van der Waals surface area contributed by atoms with Crippen molar-refractivity contribution in [1.82, 2.24) is 0 Å². The predicted octanol–water partition coefficient (Wildman–Crippen LogP) is 1.63. The maximum Gasteiger partial charge on any atom is 0.397 e. The van der Waals surface area contributed by atoms with E-state index in [2.05, 4.69) is 0 Å². The summed E-state index contributed by atoms with van der Waals surface area (Å²) in [4.78, 5) is 0. The van der Waals surface area contributed by atoms with Crippen LogP contribution < -0.4 is 5.73 Å². The zero-order valence-electron chi connectivity index (χ0n) is 5.61. The van der Waals surface area contributed by atoms with E-state index in [9.17, 15) is 13.2 Å². The zero-order valence-corrected chi connectivity index (χ0v) is 6.43. The lowest BCUT2D eigenvalue weighted by Crippen LogP contribution is -2.20. The van der Waals surface area contributed by atoms with Gasteiger partial charge in [-0.25, -0.2) is 0 Å². The Morgan fingerprint density at radius 1 is 1.50 bits per heavy atom. The van der Waals surface area contributed by atoms with Crippen LogP contribution in [0.2, 0.25) is 0 Å². The van der Waals surface area contributed by atoms with Gasteiger partial charge in [0.15, 0.2) is 0 Å². The molecule has 0 aliphatic carbocycles. The maximum atomic E-state index is 11.4. The summed E-state index contributed by atoms with van der Waals surface area (Å²) >= 11 is 0.818. The Bertz CT molecular complexity index is 91.4. The predicted molar refractivity (Wildman–Crippen MR) is 37.0 cm³/mol. The molecular formula is C5H10F3NS. The van der Waals surface area contributed by atoms with E-state index in [4.69, 9.17) is 5.73 Å². The third kappa shape index (κ3) is 8.10. The maximum absolute atomic E-state index is 11.4. The SMILES string of the molecule is C[C@@H](N)CSCC(F)(F)F. The summed E-state index contributed by atoms with van der Waals surface area (Å²) in [6, 6.07) is -0.160. The van der Waals surface area contributed by atoms with Gasteiger partial charge in [0.05, 0.1) is 5.75 Å². The highest BCUT2D eigenvalue weighted by Gasteiger charge is 2.26. The van der Waals surface area contributed by atoms with Gasteiger partial charge in [-0.15, -0.1) is 0 Å². The Kier molecular flexibility index (Phi) is 4.12. The van der Waals surface area contributed by atoms with Crippen LogP contribution in [0, 0.1) is 0 Å². The van der Waals surface area contributed by atoms with E-state index in [1.807, 2.05) is 0 Å². The normalized spacial score (nSPS) is 15.3. The number of rotatable bonds is 3. The molecule has 0 spiro atoms. The van der Waals surface area contributed by atoms with E-state index >= 15 is 0 Å². The van der Waals surface area contributed by atoms with Crippen molar-refractivity contribution in [3.63, 3.8) is 0 Å². The lowest BCUT2D eigenvalue weighted by molar-refractivity contribution is -0.105. The first-order valence-electron chi connectivity index (χ1n) is 2.82. The van der Waals surface area contributed by atoms with Gasteiger partial charge in [-0.3, -0.25) is 0 Å². The van der Waals surface area contributed by atoms with Gasteiger partial charge in [0, 0.05) is 11.8 Å². The molecule has 2 N–H and O–H groups in total. The standard InChI is InChI=1S/C5H10F3NS/c1-4(9)2-10-3-5(6,7)8/h4H,2-3,9H2,1H3/t4-/m1/s1. The highest BCUT2D eigenvalue weighted by atomic mass is 32.2. The first kappa shape index (κ1) is 10.1. The first-order chi connectivity index (χ1) is 4.42. The highest BCUT2D eigenvalue weighted by Crippen LogP contribution is 2.20. The molecule has 0 aromatic heterocycles. The third-order valence-electron chi connectivity index (χ3n) is 0.646. The number of hydrogen-bond acceptors (Lipinski definition) is 2. The van der Waals surface area contributed by atoms with Gasteiger partial charge >= 0.3 is 6.18 Å². The second kappa shape index (κ2) is 4.08. The molecule has 0 aliphatic rings. The molecule has 0 bridgehead atoms. The summed E-state index contributed by atoms with van der Waals surface area (Å²) in [6.45, 7) is 1.68. The summed E-state index contributed by atoms with van der Waals surface area (Å²) in [7, 11) is 0. The van der Waals surface area contributed by atoms with Crippen molar-refractivity contribution >= 4 is 11.8 Å². The van der Waals surface area contributed by atoms with E-state index in [-0.39, 0.29) is 6.04 Å². The Morgan fingerprint density at radius 3 is 2.30 bits per heavy atom. The van der Waals surface area contributed by atoms with Crippen molar-refractivity contribution in [3.8, 4) is 0 Å². The van der Waals surface area contributed by atoms with Crippen LogP contribution in [-0.4, -0.2) is 23.7 Å². The average Bonchev–Trinajstić information content (AvgIpc) is 1.59. The Hall–Kier alpha value is 0.100. The summed E-state index contributed by atoms with van der Waals surface area (Å²) in [5, 5.41) is 0. The van der Waals surface area contributed by atoms with E-state index in [0.717, 1.165) is 11.8 Å². The second-order valence-electron chi connectivity index (χ2n) is 2.11. The van der Waals surface area contributed by atoms with E-state index < -0.39 is 11.9 Å². The lowest BCUT2D eigenvalue weighted by Gasteiger charge is -2.06. The number of hydrogen-bond donors (Lipinski definition) is 1. The van der Waals surface area contributed by atoms with Gasteiger partial charge in [-0.2, -0.15) is 24.9 Å². The molecule has 10 heavy (non-hydrogen) atoms. The Labute approximate surface area is 62.2 Å². The molecule has 0 saturated heterocycles. The van der Waals surface area contributed by atoms with Crippen molar-refractivity contribution in [2.45, 2.75) is 19.1 Å². The van der Waals surface area contributed by atoms with Crippen LogP contribution in [0.4, 0.5) is 13.2 Å². The minimum absolute atomic E-state index is 0.160. The topological polar surface area (TPSA) is 26.0 Å². The van der Waals surface area contributed by atoms with Gasteiger partial charge in [0.2, 0.25) is 0 Å². The van der Waals surface area contributed by atoms with Gasteiger partial charge < -0.3 is 5.73 Å². The van der Waals surface area contributed by atoms with E-state index in [1.165, 1.54) is 0 Å². The zero-order chi connectivity index (χ0) is 8.20. The molecule has 1 atom stereocenters. The number of nitrogens with two attached hydrogens (primary N) is 1. The van der Waals surface area contributed by atoms with Crippen LogP contribution >= 0.6 is 11.8 Å². The second-order valence-corrected chi connectivity index (χ2v) is 3.14. The summed E-state index contributed by atoms with van der Waals surface area (Å²) in [5.74, 6) is -0.436. The molecule has 0 unspecified atom stereocenters. The fourth-order valence-corrected chi connectivity index (χ4v) is 1.08. The molecule has 0 fully saturated rings. The lowest BCUT2D eigenvalue weighted by atomic mass is 10.4. The molecule has 0 radical (unpaired) electrons. The van der Waals surface area contributed by atoms with Crippen LogP contribution in [0.15, 0.2) is 0 Å². The molecule has 0 aromatic rings. The molecule has 0 aliphatic heterocycles. The van der Waals surface area contributed by atoms with Crippen molar-refractivity contribution in [2.75, 3.05) is 11.5 Å². The molecule has 0 rings (SSSR count). The number of halogens is 3. The van der Waals surface area contributed by atoms with Gasteiger partial charge in [-0.05, 0) is 6.92 Å². The smallest absolute Gasteiger partial charge is 0.327 e. The molecular weight excluding hydrogens is 163 g/mol. The molecule has 1 nitrogen and oxygen atoms in total. The van der Waals surface area contributed by atoms with Crippen LogP contribution in [0.5, 0.6) is 0 Å². The third-order valence-corrected chi connectivity index (χ3v) is 1.94. The van der Waals surface area contributed by atoms with Crippen LogP contribution in [0.3, 0.4) is 0 Å². The highest BCUT2D eigenvalue weighted by molar-refractivity contribution is 7.99. The molecule has 5 heteroatoms. The van der Waals surface area contributed by atoms with Crippen molar-refractivity contribution in [2.24, 2.45) is 5.73 Å². The fourth-order valence-electron chi connectivity index (χ4n) is 0.361. The van der Waals surface area contributed by atoms with Gasteiger partial charge in [0.25, 0.3) is 0 Å². The average molecular weight is 173 g/mol. The minimum atomic E-state index is -4.06. The van der Waals surface area contributed by atoms with Crippen LogP contribution in [-0.2, 0) is 0 Å². The first-order valence-corrected chi connectivity index (χ1v) is 3.97. The van der Waals surface area contributed by atoms with Crippen molar-refractivity contribution in [3.05, 3.63) is 0 Å². The molecule has 0 aromatic carbocycles. The van der Waals surface area contributed by atoms with E-state index in [0.29, 0.717) is 5.75 Å². The molecule has 62 valence electrons. The van der Waals surface area contributed by atoms with E-state index in [1.54, 1.807) is 6.92 Å². The molecule has 0 heterocycles. The largest absolute Gasteiger partial charge is 0.397 e. The number of alkyl halides is 3. The Morgan fingerprint density at radius 2 is 2.00 bits per heavy atom. The monoisotopic (exact) mass is 173 g/mol. The molecule has 0 amide bonds. The summed E-state index contributed by atoms with van der Waals surface area (Å²) < 4.78 is 34.3. The van der Waals surface area contributed by atoms with Crippen molar-refractivity contribution in [1.29, 1.82) is 0 Å². The van der Waals surface area contributed by atoms with Gasteiger partial charge in [-0.1, -0.05) is 0 Å². The Balaban J connectivity index is 3.21. The van der Waals surface area contributed by atoms with Gasteiger partial charge in [0.1, 0.15) is 0 Å². The molecule has 0 saturated carbocycles. The summed E-state index contributed by atoms with van der Waals surface area (Å²) in [6.07, 6.45) is -4.06. The summed E-state index contributed by atoms with van der Waals surface area (Å²) in [5.41, 5.74) is 5.23. The van der Waals surface area contributed by atoms with Crippen LogP contribution in [0.25, 0.3) is 0 Å². The minimum Gasteiger partial charge on any atom is -0.327 e.